The van der Waals surface area contributed by atoms with Crippen LogP contribution in [0.4, 0.5) is 5.82 Å². The van der Waals surface area contributed by atoms with Gasteiger partial charge in [0.1, 0.15) is 5.82 Å². The number of anilines is 1. The second-order valence-corrected chi connectivity index (χ2v) is 3.68. The van der Waals surface area contributed by atoms with Gasteiger partial charge < -0.3 is 11.5 Å². The maximum absolute atomic E-state index is 6.00. The molecule has 1 aliphatic rings. The van der Waals surface area contributed by atoms with E-state index in [9.17, 15) is 0 Å². The predicted octanol–water partition coefficient (Wildman–Crippen LogP) is 1.26. The minimum absolute atomic E-state index is 0.270. The second kappa shape index (κ2) is 3.34. The quantitative estimate of drug-likeness (QED) is 0.678. The van der Waals surface area contributed by atoms with Crippen LogP contribution < -0.4 is 11.5 Å². The average molecular weight is 177 g/mol. The number of rotatable bonds is 1. The van der Waals surface area contributed by atoms with Crippen LogP contribution in [-0.4, -0.2) is 11.0 Å². The minimum Gasteiger partial charge on any atom is -0.383 e. The smallest absolute Gasteiger partial charge is 0.126 e. The first-order valence-corrected chi connectivity index (χ1v) is 4.75. The Morgan fingerprint density at radius 2 is 2.23 bits per heavy atom. The van der Waals surface area contributed by atoms with Crippen molar-refractivity contribution in [2.24, 2.45) is 5.73 Å². The molecule has 0 saturated heterocycles. The van der Waals surface area contributed by atoms with E-state index >= 15 is 0 Å². The van der Waals surface area contributed by atoms with Crippen LogP contribution >= 0.6 is 0 Å². The maximum atomic E-state index is 6.00. The molecular weight excluding hydrogens is 162 g/mol. The molecule has 0 spiro atoms. The lowest BCUT2D eigenvalue weighted by molar-refractivity contribution is 0.613. The van der Waals surface area contributed by atoms with Crippen molar-refractivity contribution >= 4 is 5.82 Å². The summed E-state index contributed by atoms with van der Waals surface area (Å²) in [6, 6.07) is 4.24. The molecule has 0 amide bonds. The molecule has 13 heavy (non-hydrogen) atoms. The monoisotopic (exact) mass is 177 g/mol. The van der Waals surface area contributed by atoms with Crippen LogP contribution in [0.15, 0.2) is 18.3 Å². The highest BCUT2D eigenvalue weighted by molar-refractivity contribution is 5.42. The van der Waals surface area contributed by atoms with Gasteiger partial charge in [-0.25, -0.2) is 4.98 Å². The number of aromatic nitrogens is 1. The van der Waals surface area contributed by atoms with Crippen LogP contribution in [0.5, 0.6) is 0 Å². The van der Waals surface area contributed by atoms with E-state index in [1.54, 1.807) is 6.20 Å². The summed E-state index contributed by atoms with van der Waals surface area (Å²) >= 11 is 0. The van der Waals surface area contributed by atoms with Crippen LogP contribution in [0.3, 0.4) is 0 Å². The van der Waals surface area contributed by atoms with E-state index < -0.39 is 0 Å². The summed E-state index contributed by atoms with van der Waals surface area (Å²) < 4.78 is 0. The minimum atomic E-state index is 0.270. The van der Waals surface area contributed by atoms with Gasteiger partial charge in [0, 0.05) is 18.2 Å². The molecule has 2 unspecified atom stereocenters. The van der Waals surface area contributed by atoms with E-state index in [4.69, 9.17) is 11.5 Å². The van der Waals surface area contributed by atoms with E-state index in [0.29, 0.717) is 11.7 Å². The molecule has 0 aliphatic heterocycles. The molecule has 0 radical (unpaired) electrons. The zero-order valence-electron chi connectivity index (χ0n) is 7.61. The lowest BCUT2D eigenvalue weighted by Crippen LogP contribution is -2.23. The predicted molar refractivity (Wildman–Crippen MR) is 53.2 cm³/mol. The first-order chi connectivity index (χ1) is 6.29. The van der Waals surface area contributed by atoms with Gasteiger partial charge in [0.05, 0.1) is 0 Å². The maximum Gasteiger partial charge on any atom is 0.126 e. The Kier molecular flexibility index (Phi) is 2.19. The molecule has 70 valence electrons. The van der Waals surface area contributed by atoms with Crippen molar-refractivity contribution < 1.29 is 0 Å². The van der Waals surface area contributed by atoms with Gasteiger partial charge in [-0.1, -0.05) is 12.5 Å². The van der Waals surface area contributed by atoms with Crippen LogP contribution in [0.1, 0.15) is 30.7 Å². The summed E-state index contributed by atoms with van der Waals surface area (Å²) in [7, 11) is 0. The molecular formula is C10H15N3. The zero-order chi connectivity index (χ0) is 9.26. The normalized spacial score (nSPS) is 27.8. The fraction of sp³-hybridized carbons (Fsp3) is 0.500. The molecule has 1 aromatic rings. The Morgan fingerprint density at radius 3 is 2.85 bits per heavy atom. The van der Waals surface area contributed by atoms with Crippen molar-refractivity contribution in [3.63, 3.8) is 0 Å². The van der Waals surface area contributed by atoms with Gasteiger partial charge in [-0.15, -0.1) is 0 Å². The molecule has 4 N–H and O–H groups in total. The van der Waals surface area contributed by atoms with Crippen molar-refractivity contribution in [1.29, 1.82) is 0 Å². The van der Waals surface area contributed by atoms with E-state index in [1.165, 1.54) is 6.42 Å². The van der Waals surface area contributed by atoms with E-state index in [2.05, 4.69) is 4.98 Å². The number of nitrogens with zero attached hydrogens (tertiary/aromatic N) is 1. The molecule has 2 rings (SSSR count). The molecule has 2 atom stereocenters. The van der Waals surface area contributed by atoms with Gasteiger partial charge in [-0.3, -0.25) is 0 Å². The summed E-state index contributed by atoms with van der Waals surface area (Å²) in [5.41, 5.74) is 12.9. The largest absolute Gasteiger partial charge is 0.383 e. The molecule has 1 saturated carbocycles. The molecule has 1 aliphatic carbocycles. The molecule has 1 fully saturated rings. The van der Waals surface area contributed by atoms with Gasteiger partial charge in [0.15, 0.2) is 0 Å². The summed E-state index contributed by atoms with van der Waals surface area (Å²) in [5, 5.41) is 0. The molecule has 3 heteroatoms. The molecule has 0 bridgehead atoms. The first kappa shape index (κ1) is 8.51. The highest BCUT2D eigenvalue weighted by atomic mass is 14.8. The summed E-state index contributed by atoms with van der Waals surface area (Å²) in [5.74, 6) is 1.07. The Bertz CT molecular complexity index is 298. The Balaban J connectivity index is 2.29. The fourth-order valence-electron chi connectivity index (χ4n) is 2.12. The zero-order valence-corrected chi connectivity index (χ0v) is 7.61. The van der Waals surface area contributed by atoms with Crippen LogP contribution in [-0.2, 0) is 0 Å². The lowest BCUT2D eigenvalue weighted by atomic mass is 9.95. The fourth-order valence-corrected chi connectivity index (χ4v) is 2.12. The van der Waals surface area contributed by atoms with Gasteiger partial charge >= 0.3 is 0 Å². The molecule has 0 aromatic carbocycles. The van der Waals surface area contributed by atoms with Gasteiger partial charge in [-0.2, -0.15) is 0 Å². The Morgan fingerprint density at radius 1 is 1.38 bits per heavy atom. The lowest BCUT2D eigenvalue weighted by Gasteiger charge is -2.16. The van der Waals surface area contributed by atoms with E-state index in [1.807, 2.05) is 12.1 Å². The molecule has 1 heterocycles. The van der Waals surface area contributed by atoms with Crippen LogP contribution in [0.2, 0.25) is 0 Å². The first-order valence-electron chi connectivity index (χ1n) is 4.75. The number of nitrogens with two attached hydrogens (primary N) is 2. The third-order valence-electron chi connectivity index (χ3n) is 2.84. The summed E-state index contributed by atoms with van der Waals surface area (Å²) in [6.45, 7) is 0. The third-order valence-corrected chi connectivity index (χ3v) is 2.84. The molecule has 1 aromatic heterocycles. The second-order valence-electron chi connectivity index (χ2n) is 3.68. The Labute approximate surface area is 78.1 Å². The van der Waals surface area contributed by atoms with E-state index in [-0.39, 0.29) is 6.04 Å². The summed E-state index contributed by atoms with van der Waals surface area (Å²) in [4.78, 5) is 4.08. The van der Waals surface area contributed by atoms with Crippen LogP contribution in [0, 0.1) is 0 Å². The van der Waals surface area contributed by atoms with Crippen molar-refractivity contribution in [1.82, 2.24) is 4.98 Å². The van der Waals surface area contributed by atoms with Crippen molar-refractivity contribution in [2.45, 2.75) is 31.2 Å². The van der Waals surface area contributed by atoms with E-state index in [0.717, 1.165) is 18.4 Å². The topological polar surface area (TPSA) is 64.9 Å². The Hall–Kier alpha value is -1.09. The van der Waals surface area contributed by atoms with Gasteiger partial charge in [-0.05, 0) is 24.5 Å². The number of pyridine rings is 1. The highest BCUT2D eigenvalue weighted by Crippen LogP contribution is 2.35. The van der Waals surface area contributed by atoms with Crippen molar-refractivity contribution in [3.8, 4) is 0 Å². The molecule has 3 nitrogen and oxygen atoms in total. The third kappa shape index (κ3) is 1.52. The number of hydrogen-bond donors (Lipinski definition) is 2. The average Bonchev–Trinajstić information content (AvgIpc) is 2.52. The SMILES string of the molecule is Nc1ncccc1C1CCCC1N. The van der Waals surface area contributed by atoms with Crippen molar-refractivity contribution in [2.75, 3.05) is 5.73 Å². The van der Waals surface area contributed by atoms with Gasteiger partial charge in [0.2, 0.25) is 0 Å². The number of hydrogen-bond acceptors (Lipinski definition) is 3. The highest BCUT2D eigenvalue weighted by Gasteiger charge is 2.26. The van der Waals surface area contributed by atoms with Crippen molar-refractivity contribution in [3.05, 3.63) is 23.9 Å². The summed E-state index contributed by atoms with van der Waals surface area (Å²) in [6.07, 6.45) is 5.19. The van der Waals surface area contributed by atoms with Crippen LogP contribution in [0.25, 0.3) is 0 Å². The standard InChI is InChI=1S/C10H15N3/c11-9-5-1-3-7(9)8-4-2-6-13-10(8)12/h2,4,6-7,9H,1,3,5,11H2,(H2,12,13). The van der Waals surface area contributed by atoms with Gasteiger partial charge in [0.25, 0.3) is 0 Å². The number of nitrogen functional groups attached to an aromatic ring is 1.